The van der Waals surface area contributed by atoms with Crippen LogP contribution in [0.5, 0.6) is 0 Å². The number of hydrogen-bond acceptors (Lipinski definition) is 4. The summed E-state index contributed by atoms with van der Waals surface area (Å²) in [5, 5.41) is 2.01. The normalized spacial score (nSPS) is 13.0. The van der Waals surface area contributed by atoms with Gasteiger partial charge in [-0.3, -0.25) is 9.00 Å². The SMILES string of the molecule is C[C@@H](OC(=O)c1ccccc1[S@@](C)=O)C(=O)Nc1ccc(F)c(F)c1F. The number of carbonyl (C=O) groups is 2. The highest BCUT2D eigenvalue weighted by Gasteiger charge is 2.23. The fourth-order valence-corrected chi connectivity index (χ4v) is 2.75. The molecular formula is C17H14F3NO4S. The predicted molar refractivity (Wildman–Crippen MR) is 88.6 cm³/mol. The number of halogens is 3. The maximum atomic E-state index is 13.6. The van der Waals surface area contributed by atoms with Crippen LogP contribution < -0.4 is 5.32 Å². The molecule has 26 heavy (non-hydrogen) atoms. The van der Waals surface area contributed by atoms with Crippen LogP contribution in [0.2, 0.25) is 0 Å². The van der Waals surface area contributed by atoms with Crippen molar-refractivity contribution in [3.05, 3.63) is 59.4 Å². The van der Waals surface area contributed by atoms with Crippen LogP contribution in [0.4, 0.5) is 18.9 Å². The molecule has 2 rings (SSSR count). The maximum absolute atomic E-state index is 13.6. The summed E-state index contributed by atoms with van der Waals surface area (Å²) < 4.78 is 56.3. The zero-order valence-corrected chi connectivity index (χ0v) is 14.5. The summed E-state index contributed by atoms with van der Waals surface area (Å²) in [5.74, 6) is -6.54. The Hall–Kier alpha value is -2.68. The molecule has 0 saturated carbocycles. The number of amides is 1. The number of hydrogen-bond donors (Lipinski definition) is 1. The van der Waals surface area contributed by atoms with Gasteiger partial charge in [-0.2, -0.15) is 0 Å². The molecule has 2 atom stereocenters. The second-order valence-corrected chi connectivity index (χ2v) is 6.56. The molecule has 0 unspecified atom stereocenters. The van der Waals surface area contributed by atoms with Crippen molar-refractivity contribution >= 4 is 28.4 Å². The highest BCUT2D eigenvalue weighted by Crippen LogP contribution is 2.20. The van der Waals surface area contributed by atoms with Gasteiger partial charge in [0.05, 0.1) is 26.9 Å². The summed E-state index contributed by atoms with van der Waals surface area (Å²) in [4.78, 5) is 24.4. The summed E-state index contributed by atoms with van der Waals surface area (Å²) in [5.41, 5.74) is -0.571. The predicted octanol–water partition coefficient (Wildman–Crippen LogP) is 3.03. The molecule has 9 heteroatoms. The van der Waals surface area contributed by atoms with Crippen molar-refractivity contribution in [2.75, 3.05) is 11.6 Å². The van der Waals surface area contributed by atoms with Gasteiger partial charge in [-0.05, 0) is 31.2 Å². The molecule has 0 heterocycles. The molecule has 0 aliphatic rings. The van der Waals surface area contributed by atoms with E-state index in [4.69, 9.17) is 4.74 Å². The van der Waals surface area contributed by atoms with E-state index in [0.29, 0.717) is 6.07 Å². The lowest BCUT2D eigenvalue weighted by Crippen LogP contribution is -2.30. The summed E-state index contributed by atoms with van der Waals surface area (Å²) >= 11 is 0. The van der Waals surface area contributed by atoms with Crippen molar-refractivity contribution in [1.82, 2.24) is 0 Å². The van der Waals surface area contributed by atoms with Crippen molar-refractivity contribution in [2.24, 2.45) is 0 Å². The number of ether oxygens (including phenoxy) is 1. The first-order chi connectivity index (χ1) is 12.2. The van der Waals surface area contributed by atoms with Crippen LogP contribution in [0, 0.1) is 17.5 Å². The highest BCUT2D eigenvalue weighted by atomic mass is 32.2. The molecule has 138 valence electrons. The molecular weight excluding hydrogens is 371 g/mol. The van der Waals surface area contributed by atoms with Crippen molar-refractivity contribution in [3.63, 3.8) is 0 Å². The third-order valence-electron chi connectivity index (χ3n) is 3.36. The van der Waals surface area contributed by atoms with Crippen LogP contribution in [0.25, 0.3) is 0 Å². The Morgan fingerprint density at radius 2 is 1.73 bits per heavy atom. The van der Waals surface area contributed by atoms with Crippen molar-refractivity contribution in [3.8, 4) is 0 Å². The molecule has 0 spiro atoms. The molecule has 2 aromatic carbocycles. The van der Waals surface area contributed by atoms with E-state index >= 15 is 0 Å². The minimum absolute atomic E-state index is 0.0204. The number of anilines is 1. The Balaban J connectivity index is 2.11. The zero-order valence-electron chi connectivity index (χ0n) is 13.7. The summed E-state index contributed by atoms with van der Waals surface area (Å²) in [6, 6.07) is 7.49. The minimum Gasteiger partial charge on any atom is -0.449 e. The van der Waals surface area contributed by atoms with Crippen molar-refractivity contribution < 1.29 is 31.7 Å². The molecule has 2 aromatic rings. The molecule has 0 aromatic heterocycles. The van der Waals surface area contributed by atoms with E-state index < -0.39 is 51.9 Å². The van der Waals surface area contributed by atoms with Gasteiger partial charge >= 0.3 is 5.97 Å². The fourth-order valence-electron chi connectivity index (χ4n) is 2.02. The standard InChI is InChI=1S/C17H14F3NO4S/c1-9(16(22)21-12-8-7-11(18)14(19)15(12)20)25-17(23)10-5-3-4-6-13(10)26(2)24/h3-9H,1-2H3,(H,21,22)/t9-,26-/m1/s1. The largest absolute Gasteiger partial charge is 0.449 e. The lowest BCUT2D eigenvalue weighted by molar-refractivity contribution is -0.123. The molecule has 1 N–H and O–H groups in total. The quantitative estimate of drug-likeness (QED) is 0.634. The Morgan fingerprint density at radius 3 is 2.38 bits per heavy atom. The first-order valence-electron chi connectivity index (χ1n) is 7.30. The Kier molecular flexibility index (Phi) is 6.14. The lowest BCUT2D eigenvalue weighted by atomic mass is 10.2. The van der Waals surface area contributed by atoms with Crippen molar-refractivity contribution in [2.45, 2.75) is 17.9 Å². The molecule has 0 fully saturated rings. The smallest absolute Gasteiger partial charge is 0.340 e. The highest BCUT2D eigenvalue weighted by molar-refractivity contribution is 7.84. The zero-order chi connectivity index (χ0) is 19.4. The van der Waals surface area contributed by atoms with Gasteiger partial charge < -0.3 is 10.1 Å². The lowest BCUT2D eigenvalue weighted by Gasteiger charge is -2.15. The van der Waals surface area contributed by atoms with Gasteiger partial charge in [0.15, 0.2) is 23.6 Å². The van der Waals surface area contributed by atoms with E-state index in [1.165, 1.54) is 31.4 Å². The summed E-state index contributed by atoms with van der Waals surface area (Å²) in [6.45, 7) is 1.22. The van der Waals surface area contributed by atoms with Gasteiger partial charge in [-0.25, -0.2) is 18.0 Å². The minimum atomic E-state index is -1.73. The maximum Gasteiger partial charge on any atom is 0.340 e. The van der Waals surface area contributed by atoms with Crippen LogP contribution in [0.1, 0.15) is 17.3 Å². The first-order valence-corrected chi connectivity index (χ1v) is 8.86. The second-order valence-electron chi connectivity index (χ2n) is 5.21. The first kappa shape index (κ1) is 19.6. The van der Waals surface area contributed by atoms with Gasteiger partial charge in [-0.15, -0.1) is 0 Å². The number of esters is 1. The van der Waals surface area contributed by atoms with E-state index in [2.05, 4.69) is 0 Å². The van der Waals surface area contributed by atoms with Gasteiger partial charge in [0.25, 0.3) is 5.91 Å². The molecule has 0 radical (unpaired) electrons. The average Bonchev–Trinajstić information content (AvgIpc) is 2.61. The van der Waals surface area contributed by atoms with E-state index in [-0.39, 0.29) is 10.5 Å². The van der Waals surface area contributed by atoms with E-state index in [9.17, 15) is 27.0 Å². The van der Waals surface area contributed by atoms with Gasteiger partial charge in [-0.1, -0.05) is 12.1 Å². The average molecular weight is 385 g/mol. The Labute approximate surface area is 149 Å². The second kappa shape index (κ2) is 8.13. The third-order valence-corrected chi connectivity index (χ3v) is 4.34. The summed E-state index contributed by atoms with van der Waals surface area (Å²) in [7, 11) is -1.45. The topological polar surface area (TPSA) is 72.5 Å². The number of rotatable bonds is 5. The molecule has 0 aliphatic heterocycles. The van der Waals surface area contributed by atoms with Crippen molar-refractivity contribution in [1.29, 1.82) is 0 Å². The molecule has 0 aliphatic carbocycles. The monoisotopic (exact) mass is 385 g/mol. The van der Waals surface area contributed by atoms with Gasteiger partial charge in [0, 0.05) is 6.26 Å². The van der Waals surface area contributed by atoms with Crippen LogP contribution in [0.15, 0.2) is 41.3 Å². The van der Waals surface area contributed by atoms with E-state index in [0.717, 1.165) is 6.07 Å². The van der Waals surface area contributed by atoms with Crippen LogP contribution in [-0.2, 0) is 20.3 Å². The number of carbonyl (C=O) groups excluding carboxylic acids is 2. The van der Waals surface area contributed by atoms with Crippen LogP contribution >= 0.6 is 0 Å². The van der Waals surface area contributed by atoms with E-state index in [1.807, 2.05) is 5.32 Å². The third kappa shape index (κ3) is 4.29. The Bertz CT molecular complexity index is 888. The van der Waals surface area contributed by atoms with E-state index in [1.54, 1.807) is 6.07 Å². The van der Waals surface area contributed by atoms with Crippen LogP contribution in [0.3, 0.4) is 0 Å². The van der Waals surface area contributed by atoms with Crippen LogP contribution in [-0.4, -0.2) is 28.4 Å². The molecule has 1 amide bonds. The van der Waals surface area contributed by atoms with Gasteiger partial charge in [0.1, 0.15) is 0 Å². The Morgan fingerprint density at radius 1 is 1.08 bits per heavy atom. The summed E-state index contributed by atoms with van der Waals surface area (Å²) in [6.07, 6.45) is 0.0158. The van der Waals surface area contributed by atoms with Gasteiger partial charge in [0.2, 0.25) is 0 Å². The molecule has 5 nitrogen and oxygen atoms in total. The number of nitrogens with one attached hydrogen (secondary N) is 1. The number of benzene rings is 2. The fraction of sp³-hybridized carbons (Fsp3) is 0.176. The molecule has 0 bridgehead atoms. The molecule has 0 saturated heterocycles.